The second kappa shape index (κ2) is 10.6. The molecule has 2 nitrogen and oxygen atoms in total. The van der Waals surface area contributed by atoms with Gasteiger partial charge in [-0.25, -0.2) is 0 Å². The van der Waals surface area contributed by atoms with E-state index in [0.29, 0.717) is 0 Å². The van der Waals surface area contributed by atoms with Gasteiger partial charge in [-0.05, 0) is 103 Å². The van der Waals surface area contributed by atoms with Crippen LogP contribution in [0.15, 0.2) is 180 Å². The Hall–Kier alpha value is -6.38. The van der Waals surface area contributed by atoms with Crippen molar-refractivity contribution >= 4 is 82.1 Å². The normalized spacial score (nSPS) is 11.8. The molecule has 0 aliphatic carbocycles. The number of para-hydroxylation sites is 1. The van der Waals surface area contributed by atoms with Gasteiger partial charge in [-0.3, -0.25) is 0 Å². The van der Waals surface area contributed by atoms with E-state index >= 15 is 0 Å². The van der Waals surface area contributed by atoms with Crippen LogP contribution in [0.25, 0.3) is 76.2 Å². The molecule has 10 rings (SSSR count). The highest BCUT2D eigenvalue weighted by molar-refractivity contribution is 6.15. The minimum absolute atomic E-state index is 0.879. The molecule has 9 aromatic carbocycles. The average molecular weight is 612 g/mol. The first kappa shape index (κ1) is 26.8. The molecule has 0 saturated carbocycles. The van der Waals surface area contributed by atoms with Crippen molar-refractivity contribution in [2.24, 2.45) is 0 Å². The van der Waals surface area contributed by atoms with E-state index in [2.05, 4.69) is 169 Å². The highest BCUT2D eigenvalue weighted by Gasteiger charge is 2.20. The van der Waals surface area contributed by atoms with Gasteiger partial charge in [0.05, 0.1) is 11.1 Å². The first-order valence-electron chi connectivity index (χ1n) is 16.4. The Balaban J connectivity index is 1.21. The summed E-state index contributed by atoms with van der Waals surface area (Å²) in [7, 11) is 0. The molecular formula is C46H29NO. The number of benzene rings is 9. The predicted molar refractivity (Wildman–Crippen MR) is 204 cm³/mol. The number of hydrogen-bond acceptors (Lipinski definition) is 2. The maximum absolute atomic E-state index is 6.37. The summed E-state index contributed by atoms with van der Waals surface area (Å²) >= 11 is 0. The summed E-state index contributed by atoms with van der Waals surface area (Å²) in [5, 5.41) is 12.2. The van der Waals surface area contributed by atoms with Crippen molar-refractivity contribution in [3.8, 4) is 11.1 Å². The fourth-order valence-corrected chi connectivity index (χ4v) is 7.58. The maximum atomic E-state index is 6.37. The van der Waals surface area contributed by atoms with Gasteiger partial charge in [-0.15, -0.1) is 0 Å². The third-order valence-electron chi connectivity index (χ3n) is 9.81. The number of hydrogen-bond donors (Lipinski definition) is 0. The van der Waals surface area contributed by atoms with Gasteiger partial charge in [-0.1, -0.05) is 127 Å². The largest absolute Gasteiger partial charge is 0.456 e. The molecule has 0 unspecified atom stereocenters. The van der Waals surface area contributed by atoms with Crippen molar-refractivity contribution in [3.63, 3.8) is 0 Å². The Morgan fingerprint density at radius 1 is 0.354 bits per heavy atom. The van der Waals surface area contributed by atoms with Gasteiger partial charge in [0.25, 0.3) is 0 Å². The minimum Gasteiger partial charge on any atom is -0.456 e. The molecule has 224 valence electrons. The molecule has 2 heteroatoms. The van der Waals surface area contributed by atoms with Crippen LogP contribution in [-0.4, -0.2) is 0 Å². The number of furan rings is 1. The summed E-state index contributed by atoms with van der Waals surface area (Å²) < 4.78 is 6.37. The Morgan fingerprint density at radius 3 is 1.75 bits per heavy atom. The van der Waals surface area contributed by atoms with Crippen LogP contribution in [0, 0.1) is 0 Å². The quantitative estimate of drug-likeness (QED) is 0.184. The fraction of sp³-hybridized carbons (Fsp3) is 0. The van der Waals surface area contributed by atoms with Gasteiger partial charge in [0.2, 0.25) is 0 Å². The van der Waals surface area contributed by atoms with Crippen molar-refractivity contribution in [1.82, 2.24) is 0 Å². The molecule has 0 aliphatic heterocycles. The average Bonchev–Trinajstić information content (AvgIpc) is 3.54. The first-order valence-corrected chi connectivity index (χ1v) is 16.4. The minimum atomic E-state index is 0.879. The van der Waals surface area contributed by atoms with E-state index < -0.39 is 0 Å². The molecule has 10 aromatic rings. The summed E-state index contributed by atoms with van der Waals surface area (Å²) in [6.07, 6.45) is 0. The molecule has 0 N–H and O–H groups in total. The van der Waals surface area contributed by atoms with Gasteiger partial charge in [0.15, 0.2) is 0 Å². The van der Waals surface area contributed by atoms with Crippen molar-refractivity contribution in [1.29, 1.82) is 0 Å². The zero-order chi connectivity index (χ0) is 31.6. The third-order valence-corrected chi connectivity index (χ3v) is 9.81. The second-order valence-corrected chi connectivity index (χ2v) is 12.5. The molecule has 48 heavy (non-hydrogen) atoms. The topological polar surface area (TPSA) is 16.4 Å². The van der Waals surface area contributed by atoms with Crippen LogP contribution in [-0.2, 0) is 0 Å². The third kappa shape index (κ3) is 4.13. The van der Waals surface area contributed by atoms with E-state index in [9.17, 15) is 0 Å². The Kier molecular flexibility index (Phi) is 5.91. The zero-order valence-electron chi connectivity index (χ0n) is 26.1. The van der Waals surface area contributed by atoms with Crippen molar-refractivity contribution in [2.45, 2.75) is 0 Å². The standard InChI is InChI=1S/C46H29NO/c1-3-12-36-30(10-1)20-21-31-24-27-35(29-42(31)36)47(43-17-9-19-45-46(43)40-16-7-8-18-44(40)48-45)34-25-22-32(23-26-34)41-28-33-11-2-4-13-37(33)38-14-5-6-15-39(38)41/h1-29H. The van der Waals surface area contributed by atoms with Gasteiger partial charge >= 0.3 is 0 Å². The fourth-order valence-electron chi connectivity index (χ4n) is 7.58. The van der Waals surface area contributed by atoms with Crippen molar-refractivity contribution in [3.05, 3.63) is 176 Å². The van der Waals surface area contributed by atoms with E-state index in [1.807, 2.05) is 12.1 Å². The van der Waals surface area contributed by atoms with E-state index in [0.717, 1.165) is 39.0 Å². The molecule has 0 aliphatic rings. The molecule has 0 radical (unpaired) electrons. The first-order chi connectivity index (χ1) is 23.8. The van der Waals surface area contributed by atoms with Gasteiger partial charge in [-0.2, -0.15) is 0 Å². The molecule has 0 saturated heterocycles. The van der Waals surface area contributed by atoms with Crippen molar-refractivity contribution in [2.75, 3.05) is 4.90 Å². The second-order valence-electron chi connectivity index (χ2n) is 12.5. The summed E-state index contributed by atoms with van der Waals surface area (Å²) in [6.45, 7) is 0. The summed E-state index contributed by atoms with van der Waals surface area (Å²) in [5.41, 5.74) is 7.47. The van der Waals surface area contributed by atoms with E-state index in [4.69, 9.17) is 4.42 Å². The monoisotopic (exact) mass is 611 g/mol. The predicted octanol–water partition coefficient (Wildman–Crippen LogP) is 13.3. The van der Waals surface area contributed by atoms with Crippen LogP contribution < -0.4 is 4.90 Å². The van der Waals surface area contributed by atoms with Crippen molar-refractivity contribution < 1.29 is 4.42 Å². The van der Waals surface area contributed by atoms with Crippen LogP contribution in [0.1, 0.15) is 0 Å². The smallest absolute Gasteiger partial charge is 0.137 e. The molecule has 0 spiro atoms. The summed E-state index contributed by atoms with van der Waals surface area (Å²) in [5.74, 6) is 0. The molecule has 1 aromatic heterocycles. The van der Waals surface area contributed by atoms with Crippen LogP contribution in [0.5, 0.6) is 0 Å². The van der Waals surface area contributed by atoms with Gasteiger partial charge in [0, 0.05) is 16.8 Å². The van der Waals surface area contributed by atoms with Crippen LogP contribution in [0.4, 0.5) is 17.1 Å². The highest BCUT2D eigenvalue weighted by atomic mass is 16.3. The number of fused-ring (bicyclic) bond motifs is 9. The summed E-state index contributed by atoms with van der Waals surface area (Å²) in [6, 6.07) is 63.4. The van der Waals surface area contributed by atoms with Crippen LogP contribution >= 0.6 is 0 Å². The molecule has 0 bridgehead atoms. The lowest BCUT2D eigenvalue weighted by Gasteiger charge is -2.27. The maximum Gasteiger partial charge on any atom is 0.137 e. The molecule has 0 atom stereocenters. The highest BCUT2D eigenvalue weighted by Crippen LogP contribution is 2.44. The van der Waals surface area contributed by atoms with Crippen LogP contribution in [0.2, 0.25) is 0 Å². The SMILES string of the molecule is c1ccc2c(c1)ccc1ccc(N(c3ccc(-c4cc5ccccc5c5ccccc45)cc3)c3cccc4oc5ccccc5c34)cc12. The summed E-state index contributed by atoms with van der Waals surface area (Å²) in [4.78, 5) is 2.38. The number of rotatable bonds is 4. The molecule has 1 heterocycles. The lowest BCUT2D eigenvalue weighted by molar-refractivity contribution is 0.669. The van der Waals surface area contributed by atoms with Gasteiger partial charge < -0.3 is 9.32 Å². The van der Waals surface area contributed by atoms with E-state index in [1.54, 1.807) is 0 Å². The molecule has 0 amide bonds. The lowest BCUT2D eigenvalue weighted by Crippen LogP contribution is -2.10. The van der Waals surface area contributed by atoms with Crippen LogP contribution in [0.3, 0.4) is 0 Å². The lowest BCUT2D eigenvalue weighted by atomic mass is 9.93. The Labute approximate surface area is 277 Å². The van der Waals surface area contributed by atoms with Gasteiger partial charge in [0.1, 0.15) is 11.2 Å². The molecular weight excluding hydrogens is 583 g/mol. The zero-order valence-corrected chi connectivity index (χ0v) is 26.1. The number of nitrogens with zero attached hydrogens (tertiary/aromatic N) is 1. The number of anilines is 3. The Morgan fingerprint density at radius 2 is 0.938 bits per heavy atom. The Bertz CT molecular complexity index is 2840. The van der Waals surface area contributed by atoms with E-state index in [-0.39, 0.29) is 0 Å². The molecule has 0 fully saturated rings. The van der Waals surface area contributed by atoms with E-state index in [1.165, 1.54) is 54.2 Å².